The average Bonchev–Trinajstić information content (AvgIpc) is 3.16. The van der Waals surface area contributed by atoms with Gasteiger partial charge in [0.1, 0.15) is 13.3 Å². The molecule has 104 valence electrons. The minimum Gasteiger partial charge on any atom is -0.335 e. The first kappa shape index (κ1) is 14.1. The Morgan fingerprint density at radius 1 is 1.32 bits per heavy atom. The van der Waals surface area contributed by atoms with Crippen LogP contribution in [-0.2, 0) is 0 Å². The lowest BCUT2D eigenvalue weighted by Crippen LogP contribution is -2.45. The van der Waals surface area contributed by atoms with Crippen molar-refractivity contribution in [2.45, 2.75) is 24.4 Å². The standard InChI is InChI=1S/C13H15ClF2N2O/c14-9-3-1-8(2-4-9)11-5-12(11)18-13(19)17-10(6-15)7-16/h1-4,10-12H,5-7H2,(H2,17,18,19)/t11-,12+/m0/s1. The molecule has 3 nitrogen and oxygen atoms in total. The molecule has 1 fully saturated rings. The summed E-state index contributed by atoms with van der Waals surface area (Å²) >= 11 is 5.80. The van der Waals surface area contributed by atoms with Gasteiger partial charge in [-0.3, -0.25) is 0 Å². The van der Waals surface area contributed by atoms with Gasteiger partial charge < -0.3 is 10.6 Å². The molecule has 0 aliphatic heterocycles. The average molecular weight is 289 g/mol. The number of carbonyl (C=O) groups excluding carboxylic acids is 1. The van der Waals surface area contributed by atoms with Gasteiger partial charge in [-0.2, -0.15) is 0 Å². The summed E-state index contributed by atoms with van der Waals surface area (Å²) in [6, 6.07) is 5.86. The molecule has 1 aliphatic carbocycles. The van der Waals surface area contributed by atoms with E-state index in [9.17, 15) is 13.6 Å². The van der Waals surface area contributed by atoms with E-state index in [0.717, 1.165) is 12.0 Å². The van der Waals surface area contributed by atoms with Gasteiger partial charge in [0.25, 0.3) is 0 Å². The van der Waals surface area contributed by atoms with Crippen molar-refractivity contribution in [3.05, 3.63) is 34.9 Å². The third kappa shape index (κ3) is 3.80. The third-order valence-corrected chi connectivity index (χ3v) is 3.36. The van der Waals surface area contributed by atoms with E-state index in [-0.39, 0.29) is 12.0 Å². The smallest absolute Gasteiger partial charge is 0.315 e. The number of halogens is 3. The maximum absolute atomic E-state index is 12.3. The fourth-order valence-corrected chi connectivity index (χ4v) is 2.07. The first-order chi connectivity index (χ1) is 9.13. The van der Waals surface area contributed by atoms with Crippen molar-refractivity contribution >= 4 is 17.6 Å². The highest BCUT2D eigenvalue weighted by atomic mass is 35.5. The van der Waals surface area contributed by atoms with Crippen molar-refractivity contribution in [2.75, 3.05) is 13.3 Å². The number of rotatable bonds is 5. The van der Waals surface area contributed by atoms with E-state index < -0.39 is 25.4 Å². The second kappa shape index (κ2) is 6.19. The predicted octanol–water partition coefficient (Wildman–Crippen LogP) is 2.80. The highest BCUT2D eigenvalue weighted by Gasteiger charge is 2.39. The molecule has 2 N–H and O–H groups in total. The molecule has 2 atom stereocenters. The van der Waals surface area contributed by atoms with Gasteiger partial charge in [-0.25, -0.2) is 13.6 Å². The summed E-state index contributed by atoms with van der Waals surface area (Å²) in [6.07, 6.45) is 0.824. The maximum Gasteiger partial charge on any atom is 0.315 e. The Labute approximate surface area is 115 Å². The highest BCUT2D eigenvalue weighted by molar-refractivity contribution is 6.30. The number of urea groups is 1. The van der Waals surface area contributed by atoms with E-state index in [0.29, 0.717) is 5.02 Å². The SMILES string of the molecule is O=C(NC(CF)CF)N[C@@H]1C[C@H]1c1ccc(Cl)cc1. The molecular weight excluding hydrogens is 274 g/mol. The molecule has 1 aliphatic rings. The molecule has 1 saturated carbocycles. The molecule has 1 aromatic carbocycles. The van der Waals surface area contributed by atoms with Gasteiger partial charge in [0.05, 0.1) is 6.04 Å². The van der Waals surface area contributed by atoms with Gasteiger partial charge in [-0.1, -0.05) is 23.7 Å². The quantitative estimate of drug-likeness (QED) is 0.859. The summed E-state index contributed by atoms with van der Waals surface area (Å²) in [5, 5.41) is 5.61. The molecule has 1 aromatic rings. The summed E-state index contributed by atoms with van der Waals surface area (Å²) in [5.41, 5.74) is 1.10. The summed E-state index contributed by atoms with van der Waals surface area (Å²) in [4.78, 5) is 11.5. The molecule has 0 aromatic heterocycles. The lowest BCUT2D eigenvalue weighted by atomic mass is 10.1. The zero-order valence-electron chi connectivity index (χ0n) is 10.2. The number of hydrogen-bond donors (Lipinski definition) is 2. The number of benzene rings is 1. The Morgan fingerprint density at radius 3 is 2.53 bits per heavy atom. The van der Waals surface area contributed by atoms with Crippen LogP contribution in [-0.4, -0.2) is 31.5 Å². The van der Waals surface area contributed by atoms with Crippen LogP contribution in [0.1, 0.15) is 17.9 Å². The van der Waals surface area contributed by atoms with Crippen LogP contribution in [0.15, 0.2) is 24.3 Å². The van der Waals surface area contributed by atoms with Gasteiger partial charge in [0.2, 0.25) is 0 Å². The Kier molecular flexibility index (Phi) is 4.58. The summed E-state index contributed by atoms with van der Waals surface area (Å²) in [6.45, 7) is -1.82. The van der Waals surface area contributed by atoms with E-state index in [1.807, 2.05) is 12.1 Å². The molecule has 2 rings (SSSR count). The van der Waals surface area contributed by atoms with E-state index >= 15 is 0 Å². The van der Waals surface area contributed by atoms with Crippen molar-refractivity contribution in [3.8, 4) is 0 Å². The lowest BCUT2D eigenvalue weighted by molar-refractivity contribution is 0.227. The molecule has 19 heavy (non-hydrogen) atoms. The van der Waals surface area contributed by atoms with Crippen molar-refractivity contribution in [1.82, 2.24) is 10.6 Å². The van der Waals surface area contributed by atoms with Crippen LogP contribution in [0.4, 0.5) is 13.6 Å². The van der Waals surface area contributed by atoms with Gasteiger partial charge in [-0.15, -0.1) is 0 Å². The van der Waals surface area contributed by atoms with Gasteiger partial charge in [-0.05, 0) is 24.1 Å². The number of carbonyl (C=O) groups is 1. The molecule has 0 unspecified atom stereocenters. The minimum atomic E-state index is -1.06. The highest BCUT2D eigenvalue weighted by Crippen LogP contribution is 2.40. The first-order valence-electron chi connectivity index (χ1n) is 6.08. The van der Waals surface area contributed by atoms with E-state index in [4.69, 9.17) is 11.6 Å². The van der Waals surface area contributed by atoms with Crippen molar-refractivity contribution < 1.29 is 13.6 Å². The van der Waals surface area contributed by atoms with Crippen LogP contribution in [0.5, 0.6) is 0 Å². The van der Waals surface area contributed by atoms with Gasteiger partial charge in [0, 0.05) is 17.0 Å². The largest absolute Gasteiger partial charge is 0.335 e. The van der Waals surface area contributed by atoms with Crippen molar-refractivity contribution in [3.63, 3.8) is 0 Å². The maximum atomic E-state index is 12.3. The van der Waals surface area contributed by atoms with Crippen LogP contribution < -0.4 is 10.6 Å². The van der Waals surface area contributed by atoms with Crippen molar-refractivity contribution in [1.29, 1.82) is 0 Å². The molecule has 6 heteroatoms. The normalized spacial score (nSPS) is 21.3. The molecule has 0 radical (unpaired) electrons. The fourth-order valence-electron chi connectivity index (χ4n) is 1.95. The molecule has 0 heterocycles. The first-order valence-corrected chi connectivity index (χ1v) is 6.46. The Balaban J connectivity index is 1.80. The van der Waals surface area contributed by atoms with Crippen LogP contribution in [0, 0.1) is 0 Å². The second-order valence-corrected chi connectivity index (χ2v) is 5.06. The van der Waals surface area contributed by atoms with E-state index in [1.165, 1.54) is 0 Å². The number of hydrogen-bond acceptors (Lipinski definition) is 1. The lowest BCUT2D eigenvalue weighted by Gasteiger charge is -2.12. The molecular formula is C13H15ClF2N2O. The fraction of sp³-hybridized carbons (Fsp3) is 0.462. The zero-order chi connectivity index (χ0) is 13.8. The van der Waals surface area contributed by atoms with Crippen LogP contribution in [0.3, 0.4) is 0 Å². The van der Waals surface area contributed by atoms with Crippen LogP contribution in [0.25, 0.3) is 0 Å². The Bertz CT molecular complexity index is 437. The van der Waals surface area contributed by atoms with Crippen LogP contribution >= 0.6 is 11.6 Å². The van der Waals surface area contributed by atoms with Crippen LogP contribution in [0.2, 0.25) is 5.02 Å². The summed E-state index contributed by atoms with van der Waals surface area (Å²) in [5.74, 6) is 0.247. The minimum absolute atomic E-state index is 0.0149. The third-order valence-electron chi connectivity index (χ3n) is 3.11. The Hall–Kier alpha value is -1.36. The zero-order valence-corrected chi connectivity index (χ0v) is 11.0. The van der Waals surface area contributed by atoms with Crippen molar-refractivity contribution in [2.24, 2.45) is 0 Å². The van der Waals surface area contributed by atoms with Gasteiger partial charge in [0.15, 0.2) is 0 Å². The van der Waals surface area contributed by atoms with Gasteiger partial charge >= 0.3 is 6.03 Å². The van der Waals surface area contributed by atoms with E-state index in [2.05, 4.69) is 10.6 Å². The molecule has 2 amide bonds. The summed E-state index contributed by atoms with van der Waals surface area (Å²) < 4.78 is 24.5. The number of nitrogens with one attached hydrogen (secondary N) is 2. The topological polar surface area (TPSA) is 41.1 Å². The molecule has 0 saturated heterocycles. The number of alkyl halides is 2. The second-order valence-electron chi connectivity index (χ2n) is 4.62. The monoisotopic (exact) mass is 288 g/mol. The predicted molar refractivity (Wildman–Crippen MR) is 70.0 cm³/mol. The number of amides is 2. The molecule has 0 bridgehead atoms. The Morgan fingerprint density at radius 2 is 1.95 bits per heavy atom. The summed E-state index contributed by atoms with van der Waals surface area (Å²) in [7, 11) is 0. The van der Waals surface area contributed by atoms with E-state index in [1.54, 1.807) is 12.1 Å². The molecule has 0 spiro atoms.